The third-order valence-electron chi connectivity index (χ3n) is 2.73. The zero-order valence-corrected chi connectivity index (χ0v) is 11.6. The first-order chi connectivity index (χ1) is 9.13. The highest BCUT2D eigenvalue weighted by Crippen LogP contribution is 2.28. The van der Waals surface area contributed by atoms with Crippen LogP contribution >= 0.6 is 11.6 Å². The van der Waals surface area contributed by atoms with E-state index in [4.69, 9.17) is 22.1 Å². The summed E-state index contributed by atoms with van der Waals surface area (Å²) < 4.78 is 7.08. The molecule has 0 fully saturated rings. The molecule has 102 valence electrons. The standard InChI is InChI=1S/C12H16ClN5O/c1-3-19-7-8(2)18-12(15-16-17-18)10-6-9(13)4-5-11(10)14/h4-6,8H,3,7,14H2,1-2H3. The molecule has 0 amide bonds. The highest BCUT2D eigenvalue weighted by Gasteiger charge is 2.17. The van der Waals surface area contributed by atoms with Gasteiger partial charge in [0.15, 0.2) is 5.82 Å². The Kier molecular flexibility index (Phi) is 4.34. The fourth-order valence-electron chi connectivity index (χ4n) is 1.75. The van der Waals surface area contributed by atoms with Gasteiger partial charge in [-0.25, -0.2) is 4.68 Å². The van der Waals surface area contributed by atoms with Crippen molar-refractivity contribution < 1.29 is 4.74 Å². The molecule has 6 nitrogen and oxygen atoms in total. The number of nitrogens with zero attached hydrogens (tertiary/aromatic N) is 4. The summed E-state index contributed by atoms with van der Waals surface area (Å²) in [5.74, 6) is 0.590. The number of nitrogens with two attached hydrogens (primary N) is 1. The van der Waals surface area contributed by atoms with Gasteiger partial charge < -0.3 is 10.5 Å². The fourth-order valence-corrected chi connectivity index (χ4v) is 1.92. The Hall–Kier alpha value is -1.66. The molecule has 1 unspecified atom stereocenters. The van der Waals surface area contributed by atoms with E-state index in [-0.39, 0.29) is 6.04 Å². The van der Waals surface area contributed by atoms with Gasteiger partial charge in [-0.1, -0.05) is 11.6 Å². The Bertz CT molecular complexity index is 557. The minimum atomic E-state index is 0.0170. The quantitative estimate of drug-likeness (QED) is 0.850. The molecule has 0 saturated heterocycles. The number of ether oxygens (including phenoxy) is 1. The number of benzene rings is 1. The summed E-state index contributed by atoms with van der Waals surface area (Å²) in [6.45, 7) is 5.12. The van der Waals surface area contributed by atoms with E-state index in [1.807, 2.05) is 13.8 Å². The molecule has 7 heteroatoms. The summed E-state index contributed by atoms with van der Waals surface area (Å²) in [6.07, 6.45) is 0. The molecule has 0 aliphatic heterocycles. The van der Waals surface area contributed by atoms with Crippen molar-refractivity contribution in [1.29, 1.82) is 0 Å². The zero-order valence-electron chi connectivity index (χ0n) is 10.9. The van der Waals surface area contributed by atoms with Crippen molar-refractivity contribution in [1.82, 2.24) is 20.2 Å². The van der Waals surface area contributed by atoms with Gasteiger partial charge in [0.25, 0.3) is 0 Å². The van der Waals surface area contributed by atoms with Crippen LogP contribution in [0.5, 0.6) is 0 Å². The summed E-state index contributed by atoms with van der Waals surface area (Å²) in [5, 5.41) is 12.3. The van der Waals surface area contributed by atoms with Crippen molar-refractivity contribution in [3.63, 3.8) is 0 Å². The van der Waals surface area contributed by atoms with E-state index in [0.29, 0.717) is 29.7 Å². The van der Waals surface area contributed by atoms with Crippen LogP contribution in [-0.4, -0.2) is 33.4 Å². The van der Waals surface area contributed by atoms with Crippen LogP contribution in [-0.2, 0) is 4.74 Å². The van der Waals surface area contributed by atoms with Crippen LogP contribution < -0.4 is 5.73 Å². The maximum absolute atomic E-state index is 5.99. The molecule has 0 spiro atoms. The molecular formula is C12H16ClN5O. The van der Waals surface area contributed by atoms with Crippen molar-refractivity contribution >= 4 is 17.3 Å². The average Bonchev–Trinajstić information content (AvgIpc) is 2.88. The molecule has 1 atom stereocenters. The van der Waals surface area contributed by atoms with Crippen molar-refractivity contribution in [2.75, 3.05) is 18.9 Å². The molecule has 0 radical (unpaired) electrons. The Morgan fingerprint density at radius 3 is 3.00 bits per heavy atom. The maximum Gasteiger partial charge on any atom is 0.184 e. The Morgan fingerprint density at radius 1 is 1.47 bits per heavy atom. The lowest BCUT2D eigenvalue weighted by Gasteiger charge is -2.14. The first kappa shape index (κ1) is 13.8. The molecule has 1 heterocycles. The Morgan fingerprint density at radius 2 is 2.26 bits per heavy atom. The Balaban J connectivity index is 2.35. The molecule has 0 saturated carbocycles. The van der Waals surface area contributed by atoms with Crippen molar-refractivity contribution in [3.8, 4) is 11.4 Å². The number of rotatable bonds is 5. The minimum absolute atomic E-state index is 0.0170. The van der Waals surface area contributed by atoms with Gasteiger partial charge in [0.1, 0.15) is 0 Å². The summed E-state index contributed by atoms with van der Waals surface area (Å²) in [4.78, 5) is 0. The van der Waals surface area contributed by atoms with E-state index in [0.717, 1.165) is 5.56 Å². The van der Waals surface area contributed by atoms with Gasteiger partial charge in [-0.05, 0) is 42.5 Å². The highest BCUT2D eigenvalue weighted by molar-refractivity contribution is 6.31. The van der Waals surface area contributed by atoms with E-state index in [1.54, 1.807) is 22.9 Å². The number of aromatic nitrogens is 4. The van der Waals surface area contributed by atoms with Crippen LogP contribution in [0.4, 0.5) is 5.69 Å². The smallest absolute Gasteiger partial charge is 0.184 e. The normalized spacial score (nSPS) is 12.6. The number of halogens is 1. The third kappa shape index (κ3) is 3.02. The van der Waals surface area contributed by atoms with Gasteiger partial charge in [0.2, 0.25) is 0 Å². The molecule has 2 N–H and O–H groups in total. The van der Waals surface area contributed by atoms with Gasteiger partial charge in [0.05, 0.1) is 12.6 Å². The van der Waals surface area contributed by atoms with Crippen LogP contribution in [0.15, 0.2) is 18.2 Å². The lowest BCUT2D eigenvalue weighted by Crippen LogP contribution is -2.15. The largest absolute Gasteiger partial charge is 0.398 e. The van der Waals surface area contributed by atoms with Gasteiger partial charge in [-0.2, -0.15) is 0 Å². The van der Waals surface area contributed by atoms with E-state index < -0.39 is 0 Å². The second kappa shape index (κ2) is 5.99. The van der Waals surface area contributed by atoms with E-state index >= 15 is 0 Å². The molecule has 2 rings (SSSR count). The molecule has 1 aromatic heterocycles. The minimum Gasteiger partial charge on any atom is -0.398 e. The average molecular weight is 282 g/mol. The molecule has 0 aliphatic rings. The zero-order chi connectivity index (χ0) is 13.8. The second-order valence-corrected chi connectivity index (χ2v) is 4.62. The third-order valence-corrected chi connectivity index (χ3v) is 2.96. The lowest BCUT2D eigenvalue weighted by molar-refractivity contribution is 0.115. The SMILES string of the molecule is CCOCC(C)n1nnnc1-c1cc(Cl)ccc1N. The molecule has 0 aliphatic carbocycles. The predicted molar refractivity (Wildman–Crippen MR) is 73.9 cm³/mol. The number of tetrazole rings is 1. The lowest BCUT2D eigenvalue weighted by atomic mass is 10.1. The van der Waals surface area contributed by atoms with Crippen LogP contribution in [0.1, 0.15) is 19.9 Å². The molecule has 19 heavy (non-hydrogen) atoms. The van der Waals surface area contributed by atoms with Crippen molar-refractivity contribution in [3.05, 3.63) is 23.2 Å². The number of hydrogen-bond donors (Lipinski definition) is 1. The van der Waals surface area contributed by atoms with Crippen molar-refractivity contribution in [2.45, 2.75) is 19.9 Å². The molecule has 2 aromatic rings. The molecular weight excluding hydrogens is 266 g/mol. The number of anilines is 1. The molecule has 0 bridgehead atoms. The van der Waals surface area contributed by atoms with Gasteiger partial charge in [0, 0.05) is 22.9 Å². The van der Waals surface area contributed by atoms with Gasteiger partial charge >= 0.3 is 0 Å². The fraction of sp³-hybridized carbons (Fsp3) is 0.417. The monoisotopic (exact) mass is 281 g/mol. The van der Waals surface area contributed by atoms with E-state index in [1.165, 1.54) is 0 Å². The van der Waals surface area contributed by atoms with Gasteiger partial charge in [-0.15, -0.1) is 5.10 Å². The maximum atomic E-state index is 5.99. The number of hydrogen-bond acceptors (Lipinski definition) is 5. The Labute approximate surface area is 116 Å². The van der Waals surface area contributed by atoms with Crippen LogP contribution in [0.2, 0.25) is 5.02 Å². The first-order valence-corrected chi connectivity index (χ1v) is 6.42. The first-order valence-electron chi connectivity index (χ1n) is 6.04. The second-order valence-electron chi connectivity index (χ2n) is 4.19. The van der Waals surface area contributed by atoms with Crippen LogP contribution in [0.25, 0.3) is 11.4 Å². The topological polar surface area (TPSA) is 78.8 Å². The summed E-state index contributed by atoms with van der Waals surface area (Å²) >= 11 is 5.99. The summed E-state index contributed by atoms with van der Waals surface area (Å²) in [5.41, 5.74) is 7.26. The van der Waals surface area contributed by atoms with Gasteiger partial charge in [-0.3, -0.25) is 0 Å². The number of nitrogen functional groups attached to an aromatic ring is 1. The molecule has 1 aromatic carbocycles. The predicted octanol–water partition coefficient (Wildman–Crippen LogP) is 2.17. The van der Waals surface area contributed by atoms with E-state index in [9.17, 15) is 0 Å². The van der Waals surface area contributed by atoms with Crippen LogP contribution in [0.3, 0.4) is 0 Å². The summed E-state index contributed by atoms with van der Waals surface area (Å²) in [6, 6.07) is 5.25. The van der Waals surface area contributed by atoms with Crippen molar-refractivity contribution in [2.24, 2.45) is 0 Å². The summed E-state index contributed by atoms with van der Waals surface area (Å²) in [7, 11) is 0. The highest BCUT2D eigenvalue weighted by atomic mass is 35.5. The van der Waals surface area contributed by atoms with Crippen LogP contribution in [0, 0.1) is 0 Å². The van der Waals surface area contributed by atoms with E-state index in [2.05, 4.69) is 15.5 Å².